The van der Waals surface area contributed by atoms with Gasteiger partial charge in [-0.2, -0.15) is 4.68 Å². The van der Waals surface area contributed by atoms with Crippen LogP contribution in [0.25, 0.3) is 0 Å². The van der Waals surface area contributed by atoms with E-state index in [0.29, 0.717) is 22.2 Å². The van der Waals surface area contributed by atoms with E-state index in [4.69, 9.17) is 23.2 Å². The third kappa shape index (κ3) is 4.42. The van der Waals surface area contributed by atoms with E-state index in [0.717, 1.165) is 11.4 Å². The zero-order chi connectivity index (χ0) is 20.2. The highest BCUT2D eigenvalue weighted by atomic mass is 35.5. The van der Waals surface area contributed by atoms with E-state index in [1.54, 1.807) is 18.2 Å². The molecule has 3 aromatic carbocycles. The van der Waals surface area contributed by atoms with Crippen LogP contribution in [0.1, 0.15) is 10.4 Å². The molecule has 29 heavy (non-hydrogen) atoms. The summed E-state index contributed by atoms with van der Waals surface area (Å²) >= 11 is 12.2. The van der Waals surface area contributed by atoms with Crippen molar-refractivity contribution in [1.82, 2.24) is 9.78 Å². The van der Waals surface area contributed by atoms with Gasteiger partial charge in [-0.1, -0.05) is 59.6 Å². The fourth-order valence-corrected chi connectivity index (χ4v) is 3.29. The van der Waals surface area contributed by atoms with Crippen molar-refractivity contribution in [3.8, 4) is 0 Å². The lowest BCUT2D eigenvalue weighted by atomic mass is 10.2. The van der Waals surface area contributed by atoms with Crippen LogP contribution in [0, 0.1) is 0 Å². The Balaban J connectivity index is 1.72. The maximum Gasteiger partial charge on any atom is 0.281 e. The van der Waals surface area contributed by atoms with Gasteiger partial charge in [-0.15, -0.1) is 5.10 Å². The molecular formula is C22H16Cl2N4O. The molecule has 0 fully saturated rings. The van der Waals surface area contributed by atoms with Crippen molar-refractivity contribution in [2.45, 2.75) is 0 Å². The molecule has 1 aromatic heterocycles. The molecule has 7 heteroatoms. The first-order valence-electron chi connectivity index (χ1n) is 8.84. The van der Waals surface area contributed by atoms with E-state index in [1.165, 1.54) is 10.7 Å². The Morgan fingerprint density at radius 3 is 2.03 bits per heavy atom. The van der Waals surface area contributed by atoms with Gasteiger partial charge in [0.1, 0.15) is 5.82 Å². The zero-order valence-electron chi connectivity index (χ0n) is 15.1. The normalized spacial score (nSPS) is 10.6. The van der Waals surface area contributed by atoms with Crippen molar-refractivity contribution in [3.63, 3.8) is 0 Å². The number of halogens is 2. The predicted molar refractivity (Wildman–Crippen MR) is 118 cm³/mol. The molecule has 144 valence electrons. The molecule has 0 aliphatic heterocycles. The second-order valence-electron chi connectivity index (χ2n) is 6.24. The monoisotopic (exact) mass is 422 g/mol. The minimum absolute atomic E-state index is 0.265. The van der Waals surface area contributed by atoms with E-state index in [1.807, 2.05) is 60.7 Å². The van der Waals surface area contributed by atoms with Gasteiger partial charge in [0.2, 0.25) is 0 Å². The van der Waals surface area contributed by atoms with Crippen LogP contribution in [0.3, 0.4) is 0 Å². The van der Waals surface area contributed by atoms with Crippen LogP contribution in [-0.4, -0.2) is 15.7 Å². The number of aromatic nitrogens is 2. The number of benzene rings is 3. The maximum atomic E-state index is 13.2. The molecule has 1 heterocycles. The van der Waals surface area contributed by atoms with E-state index >= 15 is 0 Å². The SMILES string of the molecule is O=C(c1ccc(Cl)cc1Cl)n1nc(Nc2ccccc2)cc1Nc1ccccc1. The molecule has 4 rings (SSSR count). The molecule has 0 unspecified atom stereocenters. The second-order valence-corrected chi connectivity index (χ2v) is 7.08. The van der Waals surface area contributed by atoms with E-state index in [-0.39, 0.29) is 10.9 Å². The first kappa shape index (κ1) is 19.1. The van der Waals surface area contributed by atoms with E-state index in [9.17, 15) is 4.79 Å². The lowest BCUT2D eigenvalue weighted by Crippen LogP contribution is -2.16. The first-order chi connectivity index (χ1) is 14.1. The van der Waals surface area contributed by atoms with Gasteiger partial charge in [0, 0.05) is 22.5 Å². The third-order valence-electron chi connectivity index (χ3n) is 4.16. The van der Waals surface area contributed by atoms with Crippen LogP contribution < -0.4 is 10.6 Å². The highest BCUT2D eigenvalue weighted by Crippen LogP contribution is 2.26. The second kappa shape index (κ2) is 8.39. The number of carbonyl (C=O) groups is 1. The summed E-state index contributed by atoms with van der Waals surface area (Å²) in [6.45, 7) is 0. The number of nitrogens with one attached hydrogen (secondary N) is 2. The van der Waals surface area contributed by atoms with Crippen LogP contribution in [0.2, 0.25) is 10.0 Å². The maximum absolute atomic E-state index is 13.2. The van der Waals surface area contributed by atoms with Gasteiger partial charge in [0.25, 0.3) is 5.91 Å². The van der Waals surface area contributed by atoms with Crippen molar-refractivity contribution in [1.29, 1.82) is 0 Å². The summed E-state index contributed by atoms with van der Waals surface area (Å²) in [5, 5.41) is 11.6. The minimum atomic E-state index is -0.369. The Hall–Kier alpha value is -3.28. The van der Waals surface area contributed by atoms with Crippen molar-refractivity contribution in [3.05, 3.63) is 101 Å². The fourth-order valence-electron chi connectivity index (χ4n) is 2.80. The smallest absolute Gasteiger partial charge is 0.281 e. The summed E-state index contributed by atoms with van der Waals surface area (Å²) in [5.41, 5.74) is 2.00. The molecular weight excluding hydrogens is 407 g/mol. The Morgan fingerprint density at radius 1 is 0.793 bits per heavy atom. The highest BCUT2D eigenvalue weighted by Gasteiger charge is 2.19. The molecule has 0 saturated carbocycles. The van der Waals surface area contributed by atoms with E-state index in [2.05, 4.69) is 15.7 Å². The number of nitrogens with zero attached hydrogens (tertiary/aromatic N) is 2. The van der Waals surface area contributed by atoms with Gasteiger partial charge < -0.3 is 10.6 Å². The Kier molecular flexibility index (Phi) is 5.51. The Labute approximate surface area is 177 Å². The molecule has 0 aliphatic rings. The topological polar surface area (TPSA) is 59.0 Å². The van der Waals surface area contributed by atoms with E-state index < -0.39 is 0 Å². The number of rotatable bonds is 5. The zero-order valence-corrected chi connectivity index (χ0v) is 16.7. The Bertz CT molecular complexity index is 1140. The van der Waals surface area contributed by atoms with Gasteiger partial charge in [-0.3, -0.25) is 4.79 Å². The minimum Gasteiger partial charge on any atom is -0.340 e. The lowest BCUT2D eigenvalue weighted by Gasteiger charge is -2.09. The molecule has 4 aromatic rings. The molecule has 0 spiro atoms. The molecule has 5 nitrogen and oxygen atoms in total. The van der Waals surface area contributed by atoms with Crippen molar-refractivity contribution < 1.29 is 4.79 Å². The molecule has 0 radical (unpaired) electrons. The van der Waals surface area contributed by atoms with Crippen LogP contribution in [0.4, 0.5) is 23.0 Å². The molecule has 0 atom stereocenters. The molecule has 0 amide bonds. The van der Waals surface area contributed by atoms with Crippen molar-refractivity contribution >= 4 is 52.1 Å². The van der Waals surface area contributed by atoms with Crippen LogP contribution in [0.5, 0.6) is 0 Å². The number of carbonyl (C=O) groups excluding carboxylic acids is 1. The van der Waals surface area contributed by atoms with Gasteiger partial charge in [-0.25, -0.2) is 0 Å². The predicted octanol–water partition coefficient (Wildman–Crippen LogP) is 6.37. The molecule has 2 N–H and O–H groups in total. The van der Waals surface area contributed by atoms with Gasteiger partial charge in [-0.05, 0) is 42.5 Å². The average molecular weight is 423 g/mol. The summed E-state index contributed by atoms with van der Waals surface area (Å²) in [6, 6.07) is 25.7. The number of anilines is 4. The van der Waals surface area contributed by atoms with Gasteiger partial charge in [0.15, 0.2) is 5.82 Å². The number of para-hydroxylation sites is 2. The summed E-state index contributed by atoms with van der Waals surface area (Å²) in [4.78, 5) is 13.2. The first-order valence-corrected chi connectivity index (χ1v) is 9.60. The molecule has 0 bridgehead atoms. The largest absolute Gasteiger partial charge is 0.340 e. The van der Waals surface area contributed by atoms with Crippen LogP contribution in [-0.2, 0) is 0 Å². The third-order valence-corrected chi connectivity index (χ3v) is 4.70. The molecule has 0 saturated heterocycles. The van der Waals surface area contributed by atoms with Crippen molar-refractivity contribution in [2.24, 2.45) is 0 Å². The summed E-state index contributed by atoms with van der Waals surface area (Å²) < 4.78 is 1.29. The summed E-state index contributed by atoms with van der Waals surface area (Å²) in [5.74, 6) is 0.657. The average Bonchev–Trinajstić information content (AvgIpc) is 3.11. The fraction of sp³-hybridized carbons (Fsp3) is 0. The van der Waals surface area contributed by atoms with Gasteiger partial charge in [0.05, 0.1) is 10.6 Å². The number of hydrogen-bond acceptors (Lipinski definition) is 4. The van der Waals surface area contributed by atoms with Crippen LogP contribution in [0.15, 0.2) is 84.9 Å². The molecule has 0 aliphatic carbocycles. The van der Waals surface area contributed by atoms with Crippen LogP contribution >= 0.6 is 23.2 Å². The standard InChI is InChI=1S/C22H16Cl2N4O/c23-15-11-12-18(19(24)13-15)22(29)28-21(26-17-9-5-2-6-10-17)14-20(27-28)25-16-7-3-1-4-8-16/h1-14,26H,(H,25,27). The lowest BCUT2D eigenvalue weighted by molar-refractivity contribution is 0.0948. The number of hydrogen-bond donors (Lipinski definition) is 2. The highest BCUT2D eigenvalue weighted by molar-refractivity contribution is 6.36. The summed E-state index contributed by atoms with van der Waals surface area (Å²) in [7, 11) is 0. The van der Waals surface area contributed by atoms with Gasteiger partial charge >= 0.3 is 0 Å². The summed E-state index contributed by atoms with van der Waals surface area (Å²) in [6.07, 6.45) is 0. The quantitative estimate of drug-likeness (QED) is 0.392. The van der Waals surface area contributed by atoms with Crippen molar-refractivity contribution in [2.75, 3.05) is 10.6 Å². The Morgan fingerprint density at radius 2 is 1.41 bits per heavy atom.